The second-order valence-electron chi connectivity index (χ2n) is 5.93. The number of ether oxygens (including phenoxy) is 1. The van der Waals surface area contributed by atoms with E-state index in [1.165, 1.54) is 38.1 Å². The summed E-state index contributed by atoms with van der Waals surface area (Å²) >= 11 is 14.1. The highest BCUT2D eigenvalue weighted by Crippen LogP contribution is 2.40. The van der Waals surface area contributed by atoms with Crippen LogP contribution in [0.3, 0.4) is 0 Å². The lowest BCUT2D eigenvalue weighted by Gasteiger charge is -2.13. The van der Waals surface area contributed by atoms with E-state index in [0.29, 0.717) is 32.1 Å². The predicted octanol–water partition coefficient (Wildman–Crippen LogP) is 5.89. The maximum absolute atomic E-state index is 9.63. The molecule has 4 nitrogen and oxygen atoms in total. The molecule has 0 amide bonds. The molecule has 1 fully saturated rings. The van der Waals surface area contributed by atoms with E-state index < -0.39 is 0 Å². The van der Waals surface area contributed by atoms with Crippen molar-refractivity contribution in [3.8, 4) is 11.8 Å². The Hall–Kier alpha value is -1.74. The van der Waals surface area contributed by atoms with Gasteiger partial charge < -0.3 is 4.74 Å². The first-order valence-corrected chi connectivity index (χ1v) is 9.87. The van der Waals surface area contributed by atoms with Gasteiger partial charge in [0.25, 0.3) is 0 Å². The number of rotatable bonds is 5. The van der Waals surface area contributed by atoms with Gasteiger partial charge in [-0.15, -0.1) is 11.8 Å². The predicted molar refractivity (Wildman–Crippen MR) is 107 cm³/mol. The third-order valence-corrected chi connectivity index (χ3v) is 6.20. The number of aromatic nitrogens is 2. The average Bonchev–Trinajstić information content (AvgIpc) is 3.15. The van der Waals surface area contributed by atoms with E-state index in [-0.39, 0.29) is 0 Å². The van der Waals surface area contributed by atoms with Gasteiger partial charge in [0.2, 0.25) is 0 Å². The number of methoxy groups -OCH3 is 1. The second-order valence-corrected chi connectivity index (χ2v) is 8.09. The summed E-state index contributed by atoms with van der Waals surface area (Å²) in [6.07, 6.45) is 11.2. The zero-order valence-corrected chi connectivity index (χ0v) is 16.5. The number of thioether (sulfide) groups is 1. The minimum atomic E-state index is 0.385. The van der Waals surface area contributed by atoms with Gasteiger partial charge in [-0.2, -0.15) is 5.26 Å². The van der Waals surface area contributed by atoms with Crippen molar-refractivity contribution < 1.29 is 4.74 Å². The fraction of sp³-hybridized carbons (Fsp3) is 0.316. The molecule has 1 aliphatic carbocycles. The van der Waals surface area contributed by atoms with Gasteiger partial charge >= 0.3 is 0 Å². The second kappa shape index (κ2) is 8.77. The molecule has 26 heavy (non-hydrogen) atoms. The van der Waals surface area contributed by atoms with Crippen LogP contribution in [0, 0.1) is 11.3 Å². The van der Waals surface area contributed by atoms with Crippen LogP contribution >= 0.6 is 35.0 Å². The lowest BCUT2D eigenvalue weighted by molar-refractivity contribution is 0.402. The molecule has 0 aliphatic heterocycles. The minimum absolute atomic E-state index is 0.385. The molecule has 0 bridgehead atoms. The largest absolute Gasteiger partial charge is 0.494 e. The number of pyridine rings is 2. The number of hydrogen-bond donors (Lipinski definition) is 0. The zero-order chi connectivity index (χ0) is 18.5. The molecule has 134 valence electrons. The molecule has 0 atom stereocenters. The number of nitriles is 1. The Kier molecular flexibility index (Phi) is 6.42. The van der Waals surface area contributed by atoms with Crippen LogP contribution in [0.5, 0.6) is 5.75 Å². The zero-order valence-electron chi connectivity index (χ0n) is 14.2. The first-order valence-electron chi connectivity index (χ1n) is 8.24. The lowest BCUT2D eigenvalue weighted by Crippen LogP contribution is -1.98. The average molecular weight is 406 g/mol. The van der Waals surface area contributed by atoms with E-state index in [9.17, 15) is 5.26 Å². The van der Waals surface area contributed by atoms with Crippen LogP contribution in [0.2, 0.25) is 10.0 Å². The van der Waals surface area contributed by atoms with Gasteiger partial charge in [0.1, 0.15) is 6.07 Å². The van der Waals surface area contributed by atoms with Gasteiger partial charge in [-0.05, 0) is 25.0 Å². The molecule has 1 saturated carbocycles. The van der Waals surface area contributed by atoms with Crippen LogP contribution in [0.15, 0.2) is 29.6 Å². The van der Waals surface area contributed by atoms with Crippen LogP contribution in [0.4, 0.5) is 0 Å². The number of nitrogens with zero attached hydrogens (tertiary/aromatic N) is 3. The Morgan fingerprint density at radius 2 is 1.96 bits per heavy atom. The Balaban J connectivity index is 1.98. The van der Waals surface area contributed by atoms with Crippen LogP contribution < -0.4 is 4.74 Å². The summed E-state index contributed by atoms with van der Waals surface area (Å²) in [7, 11) is 1.63. The Morgan fingerprint density at radius 3 is 2.58 bits per heavy atom. The molecule has 2 aromatic heterocycles. The Labute approximate surface area is 167 Å². The van der Waals surface area contributed by atoms with Gasteiger partial charge in [-0.1, -0.05) is 36.0 Å². The van der Waals surface area contributed by atoms with Gasteiger partial charge in [0, 0.05) is 23.2 Å². The highest BCUT2D eigenvalue weighted by Gasteiger charge is 2.19. The number of allylic oxidation sites excluding steroid dienone is 1. The molecular formula is C19H17Cl2N3OS. The summed E-state index contributed by atoms with van der Waals surface area (Å²) in [5.74, 6) is 0.725. The summed E-state index contributed by atoms with van der Waals surface area (Å²) in [6.45, 7) is 0. The molecule has 0 saturated heterocycles. The lowest BCUT2D eigenvalue weighted by atomic mass is 10.1. The fourth-order valence-corrected chi connectivity index (χ4v) is 4.70. The van der Waals surface area contributed by atoms with Crippen LogP contribution in [0.1, 0.15) is 36.9 Å². The normalized spacial score (nSPS) is 15.1. The van der Waals surface area contributed by atoms with Crippen molar-refractivity contribution in [3.05, 3.63) is 46.0 Å². The summed E-state index contributed by atoms with van der Waals surface area (Å²) < 4.78 is 5.44. The molecule has 2 aromatic rings. The van der Waals surface area contributed by atoms with Crippen LogP contribution in [-0.4, -0.2) is 22.3 Å². The molecule has 0 unspecified atom stereocenters. The van der Waals surface area contributed by atoms with Gasteiger partial charge in [-0.25, -0.2) is 0 Å². The molecule has 0 aromatic carbocycles. The van der Waals surface area contributed by atoms with Crippen molar-refractivity contribution in [2.45, 2.75) is 35.8 Å². The molecule has 0 radical (unpaired) electrons. The smallest absolute Gasteiger partial charge is 0.150 e. The summed E-state index contributed by atoms with van der Waals surface area (Å²) in [5.41, 5.74) is 1.51. The van der Waals surface area contributed by atoms with E-state index in [1.807, 2.05) is 6.07 Å². The van der Waals surface area contributed by atoms with Crippen molar-refractivity contribution >= 4 is 46.6 Å². The Morgan fingerprint density at radius 1 is 1.27 bits per heavy atom. The van der Waals surface area contributed by atoms with Crippen molar-refractivity contribution in [3.63, 3.8) is 0 Å². The minimum Gasteiger partial charge on any atom is -0.494 e. The molecule has 0 N–H and O–H groups in total. The van der Waals surface area contributed by atoms with Gasteiger partial charge in [0.15, 0.2) is 5.75 Å². The van der Waals surface area contributed by atoms with E-state index in [4.69, 9.17) is 27.9 Å². The highest BCUT2D eigenvalue weighted by molar-refractivity contribution is 8.00. The molecule has 3 rings (SSSR count). The van der Waals surface area contributed by atoms with Crippen molar-refractivity contribution in [1.82, 2.24) is 9.97 Å². The maximum Gasteiger partial charge on any atom is 0.150 e. The Bertz CT molecular complexity index is 853. The quantitative estimate of drug-likeness (QED) is 0.580. The van der Waals surface area contributed by atoms with Crippen molar-refractivity contribution in [1.29, 1.82) is 5.26 Å². The summed E-state index contributed by atoms with van der Waals surface area (Å²) in [6, 6.07) is 4.09. The van der Waals surface area contributed by atoms with E-state index in [2.05, 4.69) is 16.0 Å². The molecule has 2 heterocycles. The number of halogens is 2. The van der Waals surface area contributed by atoms with Crippen molar-refractivity contribution in [2.75, 3.05) is 7.11 Å². The SMILES string of the molecule is COc1cnc(/C(C#N)=C/c2c(Cl)cncc2Cl)cc1SC1CCCC1. The van der Waals surface area contributed by atoms with Crippen molar-refractivity contribution in [2.24, 2.45) is 0 Å². The maximum atomic E-state index is 9.63. The van der Waals surface area contributed by atoms with E-state index >= 15 is 0 Å². The topological polar surface area (TPSA) is 58.8 Å². The molecule has 7 heteroatoms. The fourth-order valence-electron chi connectivity index (χ4n) is 2.87. The van der Waals surface area contributed by atoms with Gasteiger partial charge in [0.05, 0.1) is 39.5 Å². The molecular weight excluding hydrogens is 389 g/mol. The summed E-state index contributed by atoms with van der Waals surface area (Å²) in [4.78, 5) is 9.31. The van der Waals surface area contributed by atoms with Gasteiger partial charge in [-0.3, -0.25) is 9.97 Å². The van der Waals surface area contributed by atoms with Crippen LogP contribution in [0.25, 0.3) is 11.6 Å². The first-order chi connectivity index (χ1) is 12.6. The molecule has 0 spiro atoms. The third kappa shape index (κ3) is 4.32. The molecule has 1 aliphatic rings. The van der Waals surface area contributed by atoms with E-state index in [0.717, 1.165) is 10.6 Å². The monoisotopic (exact) mass is 405 g/mol. The van der Waals surface area contributed by atoms with Crippen LogP contribution in [-0.2, 0) is 0 Å². The third-order valence-electron chi connectivity index (χ3n) is 4.22. The number of hydrogen-bond acceptors (Lipinski definition) is 5. The highest BCUT2D eigenvalue weighted by atomic mass is 35.5. The standard InChI is InChI=1S/C19H17Cl2N3OS/c1-25-18-11-24-17(7-19(18)26-13-4-2-3-5-13)12(8-22)6-14-15(20)9-23-10-16(14)21/h6-7,9-11,13H,2-5H2,1H3/b12-6+. The summed E-state index contributed by atoms with van der Waals surface area (Å²) in [5, 5.41) is 11.0. The van der Waals surface area contributed by atoms with E-state index in [1.54, 1.807) is 31.1 Å². The first kappa shape index (κ1) is 19.0.